The number of aromatic nitrogens is 1. The lowest BCUT2D eigenvalue weighted by atomic mass is 10.1. The number of benzene rings is 2. The van der Waals surface area contributed by atoms with E-state index in [1.54, 1.807) is 6.07 Å². The van der Waals surface area contributed by atoms with Crippen molar-refractivity contribution in [2.24, 2.45) is 0 Å². The van der Waals surface area contributed by atoms with Crippen LogP contribution in [0.1, 0.15) is 5.56 Å². The lowest BCUT2D eigenvalue weighted by Gasteiger charge is -1.95. The van der Waals surface area contributed by atoms with Crippen molar-refractivity contribution in [1.82, 2.24) is 4.98 Å². The van der Waals surface area contributed by atoms with Crippen LogP contribution < -0.4 is 0 Å². The van der Waals surface area contributed by atoms with Crippen molar-refractivity contribution in [2.75, 3.05) is 0 Å². The van der Waals surface area contributed by atoms with Crippen LogP contribution in [-0.2, 0) is 0 Å². The molecule has 2 nitrogen and oxygen atoms in total. The summed E-state index contributed by atoms with van der Waals surface area (Å²) >= 11 is 0. The summed E-state index contributed by atoms with van der Waals surface area (Å²) in [7, 11) is 0. The van der Waals surface area contributed by atoms with Crippen molar-refractivity contribution in [3.8, 4) is 5.75 Å². The van der Waals surface area contributed by atoms with Gasteiger partial charge in [0.1, 0.15) is 5.75 Å². The Bertz CT molecular complexity index is 652. The molecule has 74 valence electrons. The number of rotatable bonds is 0. The molecule has 0 fully saturated rings. The molecular weight excluding hydrogens is 186 g/mol. The van der Waals surface area contributed by atoms with Gasteiger partial charge in [-0.15, -0.1) is 0 Å². The highest BCUT2D eigenvalue weighted by Crippen LogP contribution is 2.33. The van der Waals surface area contributed by atoms with Gasteiger partial charge in [-0.1, -0.05) is 24.3 Å². The highest BCUT2D eigenvalue weighted by Gasteiger charge is 2.08. The van der Waals surface area contributed by atoms with E-state index in [1.807, 2.05) is 24.3 Å². The SMILES string of the molecule is Cc1cccc2c1[nH]c1cccc(O)c12. The van der Waals surface area contributed by atoms with Crippen molar-refractivity contribution >= 4 is 21.8 Å². The highest BCUT2D eigenvalue weighted by atomic mass is 16.3. The smallest absolute Gasteiger partial charge is 0.125 e. The maximum Gasteiger partial charge on any atom is 0.125 e. The van der Waals surface area contributed by atoms with Crippen molar-refractivity contribution < 1.29 is 5.11 Å². The van der Waals surface area contributed by atoms with Crippen LogP contribution in [0.3, 0.4) is 0 Å². The number of aromatic hydroxyl groups is 1. The first-order chi connectivity index (χ1) is 7.27. The number of aromatic amines is 1. The molecule has 0 aliphatic heterocycles. The Labute approximate surface area is 87.2 Å². The van der Waals surface area contributed by atoms with Crippen LogP contribution in [0.25, 0.3) is 21.8 Å². The number of aryl methyl sites for hydroxylation is 1. The van der Waals surface area contributed by atoms with Crippen LogP contribution in [0.15, 0.2) is 36.4 Å². The first kappa shape index (κ1) is 8.36. The summed E-state index contributed by atoms with van der Waals surface area (Å²) in [6, 6.07) is 11.7. The minimum Gasteiger partial charge on any atom is -0.507 e. The van der Waals surface area contributed by atoms with E-state index in [0.29, 0.717) is 5.75 Å². The maximum atomic E-state index is 9.83. The summed E-state index contributed by atoms with van der Waals surface area (Å²) in [6.07, 6.45) is 0. The molecule has 0 saturated carbocycles. The minimum atomic E-state index is 0.337. The average molecular weight is 197 g/mol. The number of H-pyrrole nitrogens is 1. The Morgan fingerprint density at radius 1 is 1.07 bits per heavy atom. The summed E-state index contributed by atoms with van der Waals surface area (Å²) in [5.74, 6) is 0.337. The van der Waals surface area contributed by atoms with E-state index in [1.165, 1.54) is 5.56 Å². The number of para-hydroxylation sites is 1. The predicted molar refractivity (Wildman–Crippen MR) is 62.2 cm³/mol. The summed E-state index contributed by atoms with van der Waals surface area (Å²) in [5.41, 5.74) is 3.29. The van der Waals surface area contributed by atoms with Crippen molar-refractivity contribution in [3.05, 3.63) is 42.0 Å². The zero-order valence-electron chi connectivity index (χ0n) is 8.41. The quantitative estimate of drug-likeness (QED) is 0.569. The molecule has 1 heterocycles. The van der Waals surface area contributed by atoms with Crippen LogP contribution in [0.2, 0.25) is 0 Å². The van der Waals surface area contributed by atoms with Gasteiger partial charge in [0.15, 0.2) is 0 Å². The number of fused-ring (bicyclic) bond motifs is 3. The second kappa shape index (κ2) is 2.76. The largest absolute Gasteiger partial charge is 0.507 e. The minimum absolute atomic E-state index is 0.337. The van der Waals surface area contributed by atoms with E-state index >= 15 is 0 Å². The Hall–Kier alpha value is -1.96. The second-order valence-corrected chi connectivity index (χ2v) is 3.82. The summed E-state index contributed by atoms with van der Waals surface area (Å²) in [5, 5.41) is 11.8. The van der Waals surface area contributed by atoms with Gasteiger partial charge in [0.2, 0.25) is 0 Å². The van der Waals surface area contributed by atoms with Gasteiger partial charge in [-0.25, -0.2) is 0 Å². The maximum absolute atomic E-state index is 9.83. The zero-order chi connectivity index (χ0) is 10.4. The van der Waals surface area contributed by atoms with Crippen LogP contribution in [-0.4, -0.2) is 10.1 Å². The molecule has 0 amide bonds. The summed E-state index contributed by atoms with van der Waals surface area (Å²) in [6.45, 7) is 2.06. The van der Waals surface area contributed by atoms with E-state index in [-0.39, 0.29) is 0 Å². The molecule has 0 aliphatic carbocycles. The second-order valence-electron chi connectivity index (χ2n) is 3.82. The molecule has 0 atom stereocenters. The van der Waals surface area contributed by atoms with E-state index in [4.69, 9.17) is 0 Å². The molecule has 0 bridgehead atoms. The average Bonchev–Trinajstić information content (AvgIpc) is 2.59. The normalized spacial score (nSPS) is 11.3. The standard InChI is InChI=1S/C13H11NO/c1-8-4-2-5-9-12-10(14-13(8)9)6-3-7-11(12)15/h2-7,14-15H,1H3. The van der Waals surface area contributed by atoms with E-state index in [2.05, 4.69) is 18.0 Å². The fraction of sp³-hybridized carbons (Fsp3) is 0.0769. The molecule has 0 spiro atoms. The van der Waals surface area contributed by atoms with Gasteiger partial charge in [0, 0.05) is 16.3 Å². The Kier molecular flexibility index (Phi) is 1.54. The number of phenols is 1. The Morgan fingerprint density at radius 3 is 2.73 bits per heavy atom. The number of phenolic OH excluding ortho intramolecular Hbond substituents is 1. The molecule has 0 unspecified atom stereocenters. The number of hydrogen-bond acceptors (Lipinski definition) is 1. The molecule has 2 N–H and O–H groups in total. The monoisotopic (exact) mass is 197 g/mol. The van der Waals surface area contributed by atoms with Crippen LogP contribution in [0.4, 0.5) is 0 Å². The van der Waals surface area contributed by atoms with E-state index in [0.717, 1.165) is 21.8 Å². The van der Waals surface area contributed by atoms with Gasteiger partial charge >= 0.3 is 0 Å². The molecule has 1 aromatic heterocycles. The molecule has 0 saturated heterocycles. The first-order valence-electron chi connectivity index (χ1n) is 4.96. The Morgan fingerprint density at radius 2 is 1.87 bits per heavy atom. The lowest BCUT2D eigenvalue weighted by molar-refractivity contribution is 0.482. The van der Waals surface area contributed by atoms with Crippen LogP contribution in [0.5, 0.6) is 5.75 Å². The molecule has 0 aliphatic rings. The third kappa shape index (κ3) is 1.05. The molecule has 0 radical (unpaired) electrons. The van der Waals surface area contributed by atoms with Crippen LogP contribution in [0, 0.1) is 6.92 Å². The topological polar surface area (TPSA) is 36.0 Å². The van der Waals surface area contributed by atoms with Crippen molar-refractivity contribution in [3.63, 3.8) is 0 Å². The van der Waals surface area contributed by atoms with Crippen LogP contribution >= 0.6 is 0 Å². The third-order valence-electron chi connectivity index (χ3n) is 2.84. The molecule has 2 aromatic carbocycles. The van der Waals surface area contributed by atoms with E-state index in [9.17, 15) is 5.11 Å². The third-order valence-corrected chi connectivity index (χ3v) is 2.84. The van der Waals surface area contributed by atoms with Gasteiger partial charge in [-0.3, -0.25) is 0 Å². The fourth-order valence-electron chi connectivity index (χ4n) is 2.10. The van der Waals surface area contributed by atoms with Gasteiger partial charge < -0.3 is 10.1 Å². The lowest BCUT2D eigenvalue weighted by Crippen LogP contribution is -1.73. The molecule has 3 aromatic rings. The molecule has 3 rings (SSSR count). The zero-order valence-corrected chi connectivity index (χ0v) is 8.41. The summed E-state index contributed by atoms with van der Waals surface area (Å²) < 4.78 is 0. The Balaban J connectivity index is 2.65. The highest BCUT2D eigenvalue weighted by molar-refractivity contribution is 6.11. The number of nitrogens with one attached hydrogen (secondary N) is 1. The van der Waals surface area contributed by atoms with Gasteiger partial charge in [-0.05, 0) is 24.6 Å². The molecule has 2 heteroatoms. The van der Waals surface area contributed by atoms with E-state index < -0.39 is 0 Å². The molecule has 15 heavy (non-hydrogen) atoms. The van der Waals surface area contributed by atoms with Gasteiger partial charge in [-0.2, -0.15) is 0 Å². The fourth-order valence-corrected chi connectivity index (χ4v) is 2.10. The predicted octanol–water partition coefficient (Wildman–Crippen LogP) is 3.34. The first-order valence-corrected chi connectivity index (χ1v) is 4.96. The summed E-state index contributed by atoms with van der Waals surface area (Å²) in [4.78, 5) is 3.33. The van der Waals surface area contributed by atoms with Crippen molar-refractivity contribution in [2.45, 2.75) is 6.92 Å². The van der Waals surface area contributed by atoms with Gasteiger partial charge in [0.05, 0.1) is 5.52 Å². The molecular formula is C13H11NO. The van der Waals surface area contributed by atoms with Gasteiger partial charge in [0.25, 0.3) is 0 Å². The number of hydrogen-bond donors (Lipinski definition) is 2. The van der Waals surface area contributed by atoms with Crippen molar-refractivity contribution in [1.29, 1.82) is 0 Å².